The number of alkyl halides is 1. The molecule has 2 fully saturated rings. The molecular weight excluding hydrogens is 339 g/mol. The minimum atomic E-state index is 0.0995. The lowest BCUT2D eigenvalue weighted by molar-refractivity contribution is -0.126. The van der Waals surface area contributed by atoms with E-state index in [0.29, 0.717) is 22.2 Å². The zero-order chi connectivity index (χ0) is 13.1. The van der Waals surface area contributed by atoms with Gasteiger partial charge in [-0.25, -0.2) is 0 Å². The van der Waals surface area contributed by atoms with Crippen LogP contribution in [0.1, 0.15) is 45.4 Å². The van der Waals surface area contributed by atoms with E-state index in [9.17, 15) is 4.79 Å². The molecule has 2 atom stereocenters. The van der Waals surface area contributed by atoms with E-state index in [1.54, 1.807) is 0 Å². The van der Waals surface area contributed by atoms with Gasteiger partial charge in [0.05, 0.1) is 12.7 Å². The first-order valence-electron chi connectivity index (χ1n) is 7.22. The standard InChI is InChI=1S/C14H25IN2O/c1-10-2-4-11(5-3-10)13(18)9-17-8-12(15)6-7-14(17)16/h10-12,14H,2-9,16H2,1H3. The van der Waals surface area contributed by atoms with Crippen molar-refractivity contribution in [2.24, 2.45) is 17.6 Å². The Morgan fingerprint density at radius 1 is 1.22 bits per heavy atom. The normalized spacial score (nSPS) is 38.6. The molecule has 104 valence electrons. The van der Waals surface area contributed by atoms with E-state index in [2.05, 4.69) is 34.4 Å². The van der Waals surface area contributed by atoms with E-state index < -0.39 is 0 Å². The van der Waals surface area contributed by atoms with Crippen LogP contribution < -0.4 is 5.73 Å². The van der Waals surface area contributed by atoms with Gasteiger partial charge < -0.3 is 5.73 Å². The molecule has 0 aromatic rings. The highest BCUT2D eigenvalue weighted by Crippen LogP contribution is 2.29. The van der Waals surface area contributed by atoms with Crippen molar-refractivity contribution < 1.29 is 4.79 Å². The number of nitrogens with two attached hydrogens (primary N) is 1. The smallest absolute Gasteiger partial charge is 0.149 e. The molecule has 0 amide bonds. The number of halogens is 1. The molecule has 18 heavy (non-hydrogen) atoms. The highest BCUT2D eigenvalue weighted by atomic mass is 127. The summed E-state index contributed by atoms with van der Waals surface area (Å²) < 4.78 is 0.654. The van der Waals surface area contributed by atoms with E-state index >= 15 is 0 Å². The lowest BCUT2D eigenvalue weighted by Gasteiger charge is -2.36. The number of likely N-dealkylation sites (tertiary alicyclic amines) is 1. The molecule has 0 aromatic heterocycles. The van der Waals surface area contributed by atoms with Crippen LogP contribution in [0.2, 0.25) is 0 Å². The second-order valence-electron chi connectivity index (χ2n) is 6.09. The molecule has 2 unspecified atom stereocenters. The van der Waals surface area contributed by atoms with Gasteiger partial charge in [0, 0.05) is 16.4 Å². The zero-order valence-electron chi connectivity index (χ0n) is 11.3. The summed E-state index contributed by atoms with van der Waals surface area (Å²) in [6, 6.07) is 0. The Balaban J connectivity index is 1.82. The molecule has 0 radical (unpaired) electrons. The number of nitrogens with zero attached hydrogens (tertiary/aromatic N) is 1. The minimum absolute atomic E-state index is 0.0995. The average molecular weight is 364 g/mol. The van der Waals surface area contributed by atoms with Crippen LogP contribution >= 0.6 is 22.6 Å². The molecule has 0 bridgehead atoms. The molecule has 3 nitrogen and oxygen atoms in total. The molecule has 2 rings (SSSR count). The van der Waals surface area contributed by atoms with Crippen LogP contribution in [0.25, 0.3) is 0 Å². The molecule has 2 N–H and O–H groups in total. The van der Waals surface area contributed by atoms with Gasteiger partial charge in [0.15, 0.2) is 0 Å². The molecule has 4 heteroatoms. The first kappa shape index (κ1) is 14.7. The van der Waals surface area contributed by atoms with Crippen LogP contribution in [0.3, 0.4) is 0 Å². The van der Waals surface area contributed by atoms with Crippen molar-refractivity contribution in [1.29, 1.82) is 0 Å². The van der Waals surface area contributed by atoms with Crippen molar-refractivity contribution in [2.75, 3.05) is 13.1 Å². The lowest BCUT2D eigenvalue weighted by atomic mass is 9.81. The molecule has 1 saturated heterocycles. The Hall–Kier alpha value is 0.320. The monoisotopic (exact) mass is 364 g/mol. The lowest BCUT2D eigenvalue weighted by Crippen LogP contribution is -2.51. The van der Waals surface area contributed by atoms with E-state index in [4.69, 9.17) is 5.73 Å². The Bertz CT molecular complexity index is 290. The van der Waals surface area contributed by atoms with E-state index in [0.717, 1.165) is 31.7 Å². The molecule has 1 aliphatic carbocycles. The summed E-state index contributed by atoms with van der Waals surface area (Å²) in [7, 11) is 0. The molecule has 0 spiro atoms. The Morgan fingerprint density at radius 3 is 2.56 bits per heavy atom. The predicted octanol–water partition coefficient (Wildman–Crippen LogP) is 2.57. The van der Waals surface area contributed by atoms with E-state index in [1.165, 1.54) is 19.3 Å². The highest BCUT2D eigenvalue weighted by molar-refractivity contribution is 14.1. The van der Waals surface area contributed by atoms with Crippen LogP contribution in [-0.2, 0) is 4.79 Å². The Labute approximate surface area is 124 Å². The number of rotatable bonds is 3. The molecule has 1 aliphatic heterocycles. The topological polar surface area (TPSA) is 46.3 Å². The number of carbonyl (C=O) groups excluding carboxylic acids is 1. The third kappa shape index (κ3) is 3.90. The summed E-state index contributed by atoms with van der Waals surface area (Å²) in [6.45, 7) is 3.86. The fraction of sp³-hybridized carbons (Fsp3) is 0.929. The maximum absolute atomic E-state index is 12.3. The summed E-state index contributed by atoms with van der Waals surface area (Å²) in [5.74, 6) is 1.55. The second-order valence-corrected chi connectivity index (χ2v) is 7.86. The van der Waals surface area contributed by atoms with Gasteiger partial charge in [0.1, 0.15) is 5.78 Å². The third-order valence-electron chi connectivity index (χ3n) is 4.51. The maximum Gasteiger partial charge on any atom is 0.149 e. The largest absolute Gasteiger partial charge is 0.316 e. The number of ketones is 1. The summed E-state index contributed by atoms with van der Waals surface area (Å²) in [6.07, 6.45) is 6.94. The van der Waals surface area contributed by atoms with E-state index in [-0.39, 0.29) is 6.17 Å². The van der Waals surface area contributed by atoms with Gasteiger partial charge in [0.2, 0.25) is 0 Å². The summed E-state index contributed by atoms with van der Waals surface area (Å²) in [5.41, 5.74) is 6.11. The summed E-state index contributed by atoms with van der Waals surface area (Å²) in [5, 5.41) is 0. The van der Waals surface area contributed by atoms with Crippen molar-refractivity contribution in [2.45, 2.75) is 55.5 Å². The molecule has 1 heterocycles. The first-order chi connectivity index (χ1) is 8.56. The van der Waals surface area contributed by atoms with Crippen molar-refractivity contribution in [1.82, 2.24) is 4.90 Å². The fourth-order valence-corrected chi connectivity index (χ4v) is 3.97. The van der Waals surface area contributed by atoms with Crippen LogP contribution in [0, 0.1) is 11.8 Å². The number of hydrogen-bond donors (Lipinski definition) is 1. The van der Waals surface area contributed by atoms with Gasteiger partial charge in [0.25, 0.3) is 0 Å². The Kier molecular flexibility index (Phi) is 5.45. The number of piperidine rings is 1. The van der Waals surface area contributed by atoms with E-state index in [1.807, 2.05) is 0 Å². The maximum atomic E-state index is 12.3. The van der Waals surface area contributed by atoms with Crippen LogP contribution in [0.5, 0.6) is 0 Å². The van der Waals surface area contributed by atoms with Crippen molar-refractivity contribution in [3.05, 3.63) is 0 Å². The number of hydrogen-bond acceptors (Lipinski definition) is 3. The fourth-order valence-electron chi connectivity index (χ4n) is 3.11. The quantitative estimate of drug-likeness (QED) is 0.619. The average Bonchev–Trinajstić information content (AvgIpc) is 2.34. The molecule has 2 aliphatic rings. The number of Topliss-reactive ketones (excluding diaryl/α,β-unsaturated/α-hetero) is 1. The SMILES string of the molecule is CC1CCC(C(=O)CN2CC(I)CCC2N)CC1. The molecule has 0 aromatic carbocycles. The highest BCUT2D eigenvalue weighted by Gasteiger charge is 2.29. The minimum Gasteiger partial charge on any atom is -0.316 e. The van der Waals surface area contributed by atoms with Crippen LogP contribution in [0.4, 0.5) is 0 Å². The van der Waals surface area contributed by atoms with Gasteiger partial charge in [-0.15, -0.1) is 0 Å². The number of carbonyl (C=O) groups is 1. The van der Waals surface area contributed by atoms with Gasteiger partial charge >= 0.3 is 0 Å². The first-order valence-corrected chi connectivity index (χ1v) is 8.47. The zero-order valence-corrected chi connectivity index (χ0v) is 13.4. The van der Waals surface area contributed by atoms with Gasteiger partial charge in [-0.1, -0.05) is 42.4 Å². The van der Waals surface area contributed by atoms with Gasteiger partial charge in [-0.2, -0.15) is 0 Å². The van der Waals surface area contributed by atoms with Crippen molar-refractivity contribution in [3.8, 4) is 0 Å². The van der Waals surface area contributed by atoms with Crippen molar-refractivity contribution >= 4 is 28.4 Å². The van der Waals surface area contributed by atoms with Crippen molar-refractivity contribution in [3.63, 3.8) is 0 Å². The Morgan fingerprint density at radius 2 is 1.89 bits per heavy atom. The predicted molar refractivity (Wildman–Crippen MR) is 82.7 cm³/mol. The summed E-state index contributed by atoms with van der Waals surface area (Å²) in [4.78, 5) is 14.5. The molecular formula is C14H25IN2O. The molecule has 1 saturated carbocycles. The van der Waals surface area contributed by atoms with Crippen LogP contribution in [-0.4, -0.2) is 33.9 Å². The van der Waals surface area contributed by atoms with Crippen LogP contribution in [0.15, 0.2) is 0 Å². The van der Waals surface area contributed by atoms with Gasteiger partial charge in [-0.3, -0.25) is 9.69 Å². The third-order valence-corrected chi connectivity index (χ3v) is 5.52. The second kappa shape index (κ2) is 6.66. The van der Waals surface area contributed by atoms with Gasteiger partial charge in [-0.05, 0) is 31.6 Å². The summed E-state index contributed by atoms with van der Waals surface area (Å²) >= 11 is 2.48.